The first-order valence-electron chi connectivity index (χ1n) is 8.92. The molecule has 0 amide bonds. The Labute approximate surface area is 159 Å². The molecule has 1 heterocycles. The van der Waals surface area contributed by atoms with Crippen LogP contribution in [-0.4, -0.2) is 10.8 Å². The molecule has 0 N–H and O–H groups in total. The molecule has 3 rings (SSSR count). The van der Waals surface area contributed by atoms with E-state index in [2.05, 4.69) is 26.0 Å². The number of hydrogen-bond donors (Lipinski definition) is 0. The Kier molecular flexibility index (Phi) is 5.10. The quantitative estimate of drug-likeness (QED) is 0.506. The molecule has 2 nitrogen and oxygen atoms in total. The SMILES string of the molecule is Cc1ccc(C(=O)C(C)(C)Cc2sc(-c3ccccc3)nc2C)cc1C. The predicted octanol–water partition coefficient (Wildman–Crippen LogP) is 6.19. The van der Waals surface area contributed by atoms with Crippen LogP contribution in [0.1, 0.15) is 45.9 Å². The van der Waals surface area contributed by atoms with Gasteiger partial charge in [0.15, 0.2) is 5.78 Å². The molecule has 3 aromatic rings. The largest absolute Gasteiger partial charge is 0.294 e. The van der Waals surface area contributed by atoms with E-state index in [1.165, 1.54) is 10.4 Å². The zero-order valence-electron chi connectivity index (χ0n) is 16.1. The highest BCUT2D eigenvalue weighted by Crippen LogP contribution is 2.34. The number of carbonyl (C=O) groups excluding carboxylic acids is 1. The van der Waals surface area contributed by atoms with E-state index in [0.717, 1.165) is 27.4 Å². The molecule has 1 aromatic heterocycles. The number of aromatic nitrogens is 1. The lowest BCUT2D eigenvalue weighted by Gasteiger charge is -2.23. The summed E-state index contributed by atoms with van der Waals surface area (Å²) >= 11 is 1.69. The van der Waals surface area contributed by atoms with Gasteiger partial charge in [-0.2, -0.15) is 0 Å². The van der Waals surface area contributed by atoms with Gasteiger partial charge in [-0.1, -0.05) is 56.3 Å². The minimum Gasteiger partial charge on any atom is -0.294 e. The smallest absolute Gasteiger partial charge is 0.168 e. The highest BCUT2D eigenvalue weighted by molar-refractivity contribution is 7.15. The molecule has 3 heteroatoms. The van der Waals surface area contributed by atoms with Crippen LogP contribution < -0.4 is 0 Å². The summed E-state index contributed by atoms with van der Waals surface area (Å²) < 4.78 is 0. The fraction of sp³-hybridized carbons (Fsp3) is 0.304. The van der Waals surface area contributed by atoms with Gasteiger partial charge in [0.25, 0.3) is 0 Å². The van der Waals surface area contributed by atoms with Crippen molar-refractivity contribution in [3.63, 3.8) is 0 Å². The van der Waals surface area contributed by atoms with Crippen molar-refractivity contribution in [3.8, 4) is 10.6 Å². The summed E-state index contributed by atoms with van der Waals surface area (Å²) in [6.45, 7) is 10.2. The Morgan fingerprint density at radius 1 is 1.00 bits per heavy atom. The number of Topliss-reactive ketones (excluding diaryl/α,β-unsaturated/α-hetero) is 1. The van der Waals surface area contributed by atoms with Gasteiger partial charge in [0.2, 0.25) is 0 Å². The van der Waals surface area contributed by atoms with E-state index in [9.17, 15) is 4.79 Å². The van der Waals surface area contributed by atoms with Crippen molar-refractivity contribution in [1.82, 2.24) is 4.98 Å². The minimum absolute atomic E-state index is 0.190. The molecule has 0 saturated heterocycles. The zero-order chi connectivity index (χ0) is 18.9. The maximum absolute atomic E-state index is 13.1. The molecule has 2 aromatic carbocycles. The van der Waals surface area contributed by atoms with Crippen LogP contribution in [0.25, 0.3) is 10.6 Å². The third kappa shape index (κ3) is 3.78. The summed E-state index contributed by atoms with van der Waals surface area (Å²) in [5.74, 6) is 0.190. The monoisotopic (exact) mass is 363 g/mol. The van der Waals surface area contributed by atoms with Crippen LogP contribution in [0.15, 0.2) is 48.5 Å². The number of ketones is 1. The highest BCUT2D eigenvalue weighted by atomic mass is 32.1. The topological polar surface area (TPSA) is 30.0 Å². The van der Waals surface area contributed by atoms with Gasteiger partial charge in [-0.25, -0.2) is 4.98 Å². The molecular weight excluding hydrogens is 338 g/mol. The van der Waals surface area contributed by atoms with Gasteiger partial charge < -0.3 is 0 Å². The fourth-order valence-corrected chi connectivity index (χ4v) is 4.35. The molecule has 0 fully saturated rings. The third-order valence-electron chi connectivity index (χ3n) is 4.90. The van der Waals surface area contributed by atoms with Gasteiger partial charge in [-0.05, 0) is 44.4 Å². The van der Waals surface area contributed by atoms with Gasteiger partial charge >= 0.3 is 0 Å². The lowest BCUT2D eigenvalue weighted by molar-refractivity contribution is 0.0838. The first kappa shape index (κ1) is 18.5. The van der Waals surface area contributed by atoms with Gasteiger partial charge in [0, 0.05) is 21.4 Å². The normalized spacial score (nSPS) is 11.6. The second kappa shape index (κ2) is 7.16. The first-order chi connectivity index (χ1) is 12.3. The molecule has 0 spiro atoms. The van der Waals surface area contributed by atoms with Crippen LogP contribution in [0, 0.1) is 26.2 Å². The molecule has 0 saturated carbocycles. The Morgan fingerprint density at radius 2 is 1.69 bits per heavy atom. The summed E-state index contributed by atoms with van der Waals surface area (Å²) in [7, 11) is 0. The van der Waals surface area contributed by atoms with Crippen LogP contribution in [0.5, 0.6) is 0 Å². The van der Waals surface area contributed by atoms with Crippen molar-refractivity contribution in [1.29, 1.82) is 0 Å². The van der Waals surface area contributed by atoms with Gasteiger partial charge in [0.05, 0.1) is 5.69 Å². The summed E-state index contributed by atoms with van der Waals surface area (Å²) in [4.78, 5) is 19.0. The van der Waals surface area contributed by atoms with Crippen LogP contribution in [0.4, 0.5) is 0 Å². The summed E-state index contributed by atoms with van der Waals surface area (Å²) in [5, 5.41) is 1.02. The average molecular weight is 364 g/mol. The fourth-order valence-electron chi connectivity index (χ4n) is 3.05. The van der Waals surface area contributed by atoms with Gasteiger partial charge in [-0.15, -0.1) is 11.3 Å². The van der Waals surface area contributed by atoms with E-state index in [1.807, 2.05) is 57.2 Å². The Balaban J connectivity index is 1.86. The highest BCUT2D eigenvalue weighted by Gasteiger charge is 2.30. The third-order valence-corrected chi connectivity index (χ3v) is 6.11. The van der Waals surface area contributed by atoms with Gasteiger partial charge in [-0.3, -0.25) is 4.79 Å². The Morgan fingerprint density at radius 3 is 2.35 bits per heavy atom. The predicted molar refractivity (Wildman–Crippen MR) is 110 cm³/mol. The molecule has 0 aliphatic carbocycles. The molecule has 0 aliphatic heterocycles. The lowest BCUT2D eigenvalue weighted by atomic mass is 9.80. The molecule has 0 unspecified atom stereocenters. The van der Waals surface area contributed by atoms with E-state index in [0.29, 0.717) is 6.42 Å². The van der Waals surface area contributed by atoms with E-state index < -0.39 is 5.41 Å². The van der Waals surface area contributed by atoms with E-state index in [4.69, 9.17) is 4.98 Å². The molecule has 0 radical (unpaired) electrons. The van der Waals surface area contributed by atoms with Crippen molar-refractivity contribution in [2.24, 2.45) is 5.41 Å². The maximum Gasteiger partial charge on any atom is 0.168 e. The number of rotatable bonds is 5. The summed E-state index contributed by atoms with van der Waals surface area (Å²) in [6.07, 6.45) is 0.703. The van der Waals surface area contributed by atoms with Crippen molar-refractivity contribution in [2.75, 3.05) is 0 Å². The van der Waals surface area contributed by atoms with Crippen molar-refractivity contribution in [3.05, 3.63) is 75.8 Å². The summed E-state index contributed by atoms with van der Waals surface area (Å²) in [6, 6.07) is 16.2. The molecule has 0 aliphatic rings. The Hall–Kier alpha value is -2.26. The van der Waals surface area contributed by atoms with Crippen molar-refractivity contribution < 1.29 is 4.79 Å². The first-order valence-corrected chi connectivity index (χ1v) is 9.73. The van der Waals surface area contributed by atoms with Gasteiger partial charge in [0.1, 0.15) is 5.01 Å². The Bertz CT molecular complexity index is 938. The number of aryl methyl sites for hydroxylation is 3. The van der Waals surface area contributed by atoms with Crippen LogP contribution >= 0.6 is 11.3 Å². The second-order valence-electron chi connectivity index (χ2n) is 7.58. The minimum atomic E-state index is -0.465. The van der Waals surface area contributed by atoms with Crippen molar-refractivity contribution in [2.45, 2.75) is 41.0 Å². The van der Waals surface area contributed by atoms with E-state index in [-0.39, 0.29) is 5.78 Å². The molecular formula is C23H25NOS. The molecule has 0 atom stereocenters. The zero-order valence-corrected chi connectivity index (χ0v) is 16.9. The number of hydrogen-bond acceptors (Lipinski definition) is 3. The summed E-state index contributed by atoms with van der Waals surface area (Å²) in [5.41, 5.74) is 4.85. The van der Waals surface area contributed by atoms with Crippen LogP contribution in [-0.2, 0) is 6.42 Å². The number of carbonyl (C=O) groups is 1. The second-order valence-corrected chi connectivity index (χ2v) is 8.67. The van der Waals surface area contributed by atoms with Crippen LogP contribution in [0.3, 0.4) is 0 Å². The van der Waals surface area contributed by atoms with E-state index in [1.54, 1.807) is 11.3 Å². The van der Waals surface area contributed by atoms with E-state index >= 15 is 0 Å². The average Bonchev–Trinajstić information content (AvgIpc) is 2.97. The standard InChI is InChI=1S/C23H25NOS/c1-15-11-12-19(13-16(15)2)21(25)23(4,5)14-20-17(3)24-22(26-20)18-9-7-6-8-10-18/h6-13H,14H2,1-5H3. The number of nitrogens with zero attached hydrogens (tertiary/aromatic N) is 1. The number of benzene rings is 2. The number of thiazole rings is 1. The molecule has 134 valence electrons. The molecule has 26 heavy (non-hydrogen) atoms. The van der Waals surface area contributed by atoms with Crippen LogP contribution in [0.2, 0.25) is 0 Å². The molecule has 0 bridgehead atoms. The maximum atomic E-state index is 13.1. The lowest BCUT2D eigenvalue weighted by Crippen LogP contribution is -2.27. The van der Waals surface area contributed by atoms with Crippen molar-refractivity contribution >= 4 is 17.1 Å².